The first kappa shape index (κ1) is 34.4. The number of hydrogen-bond donors (Lipinski definition) is 3. The minimum atomic E-state index is -0.949. The highest BCUT2D eigenvalue weighted by atomic mass is 16.3. The quantitative estimate of drug-likeness (QED) is 0.305. The van der Waals surface area contributed by atoms with E-state index in [1.165, 1.54) is 32.5 Å². The Morgan fingerprint density at radius 3 is 2.38 bits per heavy atom. The Kier molecular flexibility index (Phi) is 8.32. The number of rotatable bonds is 7. The average Bonchev–Trinajstić information content (AvgIpc) is 3.41. The Balaban J connectivity index is 0.669. The third kappa shape index (κ3) is 6.10. The highest BCUT2D eigenvalue weighted by Crippen LogP contribution is 2.52. The lowest BCUT2D eigenvalue weighted by molar-refractivity contribution is -0.136. The highest BCUT2D eigenvalue weighted by molar-refractivity contribution is 6.23. The highest BCUT2D eigenvalue weighted by Gasteiger charge is 2.53. The van der Waals surface area contributed by atoms with Gasteiger partial charge in [-0.3, -0.25) is 34.3 Å². The van der Waals surface area contributed by atoms with Crippen molar-refractivity contribution in [1.82, 2.24) is 30.2 Å². The van der Waals surface area contributed by atoms with Crippen LogP contribution in [0.3, 0.4) is 0 Å². The Bertz CT molecular complexity index is 2070. The number of anilines is 3. The lowest BCUT2D eigenvalue weighted by atomic mass is 9.57. The normalized spacial score (nSPS) is 25.6. The largest absolute Gasteiger partial charge is 0.507 e. The molecule has 1 aromatic heterocycles. The van der Waals surface area contributed by atoms with Crippen LogP contribution in [0.25, 0.3) is 11.3 Å². The number of nitrogens with one attached hydrogen (secondary N) is 2. The summed E-state index contributed by atoms with van der Waals surface area (Å²) in [5, 5.41) is 25.0. The third-order valence-electron chi connectivity index (χ3n) is 13.3. The van der Waals surface area contributed by atoms with Crippen LogP contribution in [0.4, 0.5) is 17.2 Å². The predicted octanol–water partition coefficient (Wildman–Crippen LogP) is 2.80. The molecule has 0 bridgehead atoms. The van der Waals surface area contributed by atoms with Crippen LogP contribution in [0.1, 0.15) is 59.2 Å². The van der Waals surface area contributed by atoms with E-state index in [2.05, 4.69) is 46.5 Å². The lowest BCUT2D eigenvalue weighted by Crippen LogP contribution is -2.65. The molecule has 55 heavy (non-hydrogen) atoms. The molecule has 1 unspecified atom stereocenters. The monoisotopic (exact) mass is 745 g/mol. The Morgan fingerprint density at radius 1 is 0.800 bits per heavy atom. The molecule has 2 atom stereocenters. The number of nitrogens with zero attached hydrogens (tertiary/aromatic N) is 7. The van der Waals surface area contributed by atoms with Gasteiger partial charge in [0.1, 0.15) is 11.8 Å². The van der Waals surface area contributed by atoms with E-state index in [1.54, 1.807) is 12.1 Å². The van der Waals surface area contributed by atoms with Crippen LogP contribution in [-0.4, -0.2) is 131 Å². The van der Waals surface area contributed by atoms with E-state index in [-0.39, 0.29) is 24.5 Å². The van der Waals surface area contributed by atoms with Gasteiger partial charge < -0.3 is 25.1 Å². The van der Waals surface area contributed by atoms with Crippen LogP contribution >= 0.6 is 0 Å². The van der Waals surface area contributed by atoms with Gasteiger partial charge in [-0.2, -0.15) is 0 Å². The molecule has 2 aromatic carbocycles. The van der Waals surface area contributed by atoms with Gasteiger partial charge in [-0.05, 0) is 85.8 Å². The number of fused-ring (bicyclic) bond motifs is 4. The first-order valence-corrected chi connectivity index (χ1v) is 19.9. The maximum atomic E-state index is 13.3. The number of imide groups is 2. The number of benzene rings is 2. The molecule has 1 aliphatic carbocycles. The summed E-state index contributed by atoms with van der Waals surface area (Å²) in [6.07, 6.45) is 5.10. The van der Waals surface area contributed by atoms with E-state index in [1.807, 2.05) is 30.3 Å². The fourth-order valence-electron chi connectivity index (χ4n) is 10.7. The number of carbonyl (C=O) groups excluding carboxylic acids is 4. The van der Waals surface area contributed by atoms with Gasteiger partial charge in [-0.1, -0.05) is 12.1 Å². The summed E-state index contributed by atoms with van der Waals surface area (Å²) in [4.78, 5) is 61.6. The van der Waals surface area contributed by atoms with Crippen molar-refractivity contribution in [3.8, 4) is 17.0 Å². The van der Waals surface area contributed by atoms with Crippen LogP contribution in [0, 0.1) is 17.3 Å². The van der Waals surface area contributed by atoms with Gasteiger partial charge in [0.05, 0.1) is 28.6 Å². The summed E-state index contributed by atoms with van der Waals surface area (Å²) >= 11 is 0. The number of phenols is 1. The number of amides is 4. The van der Waals surface area contributed by atoms with Gasteiger partial charge >= 0.3 is 0 Å². The summed E-state index contributed by atoms with van der Waals surface area (Å²) in [6.45, 7) is 10.5. The predicted molar refractivity (Wildman–Crippen MR) is 205 cm³/mol. The number of likely N-dealkylation sites (tertiary alicyclic amines) is 1. The molecule has 7 aliphatic rings. The van der Waals surface area contributed by atoms with E-state index in [9.17, 15) is 24.3 Å². The molecular weight excluding hydrogens is 699 g/mol. The molecular formula is C41H47N9O5. The maximum Gasteiger partial charge on any atom is 0.262 e. The third-order valence-corrected chi connectivity index (χ3v) is 13.3. The number of aromatic hydroxyl groups is 1. The van der Waals surface area contributed by atoms with Crippen molar-refractivity contribution in [1.29, 1.82) is 0 Å². The van der Waals surface area contributed by atoms with Crippen molar-refractivity contribution >= 4 is 40.8 Å². The molecule has 1 saturated carbocycles. The van der Waals surface area contributed by atoms with Crippen molar-refractivity contribution < 1.29 is 24.3 Å². The molecule has 14 nitrogen and oxygen atoms in total. The minimum Gasteiger partial charge on any atom is -0.507 e. The van der Waals surface area contributed by atoms with Crippen LogP contribution in [0.5, 0.6) is 5.75 Å². The van der Waals surface area contributed by atoms with Crippen LogP contribution in [0.2, 0.25) is 0 Å². The molecule has 1 spiro atoms. The first-order valence-electron chi connectivity index (χ1n) is 19.9. The zero-order valence-electron chi connectivity index (χ0n) is 31.0. The van der Waals surface area contributed by atoms with Crippen molar-refractivity contribution in [3.05, 3.63) is 59.7 Å². The van der Waals surface area contributed by atoms with Gasteiger partial charge in [0.25, 0.3) is 11.8 Å². The molecule has 7 heterocycles. The second-order valence-electron chi connectivity index (χ2n) is 17.0. The van der Waals surface area contributed by atoms with E-state index >= 15 is 0 Å². The van der Waals surface area contributed by atoms with Crippen LogP contribution in [-0.2, 0) is 9.59 Å². The minimum absolute atomic E-state index is 0.110. The molecule has 3 N–H and O–H groups in total. The van der Waals surface area contributed by atoms with Gasteiger partial charge in [0.2, 0.25) is 11.8 Å². The van der Waals surface area contributed by atoms with E-state index in [4.69, 9.17) is 0 Å². The molecule has 14 heteroatoms. The molecule has 4 amide bonds. The van der Waals surface area contributed by atoms with E-state index in [0.717, 1.165) is 86.7 Å². The standard InChI is InChI=1S/C41H47N9O5/c51-35-4-2-1-3-30(35)32-16-34-37(45-44-32)42-19-28-22-46(13-14-49(28)34)21-26-17-41(18-26)23-47(24-41)20-25-9-11-48(12-10-25)27-5-6-29-31(15-27)40(55)50(39(29)54)33-7-8-36(52)43-38(33)53/h1-6,15-16,25-26,28,33,51H,7-14,17-24H2,(H,42,45)(H,43,52,53)/t28-,33?/m0/s1. The number of piperazine rings is 1. The number of piperidine rings is 2. The molecule has 4 saturated heterocycles. The molecule has 0 radical (unpaired) electrons. The van der Waals surface area contributed by atoms with Crippen LogP contribution in [0.15, 0.2) is 48.5 Å². The molecule has 10 rings (SSSR count). The van der Waals surface area contributed by atoms with Crippen molar-refractivity contribution in [2.45, 2.75) is 50.6 Å². The molecule has 286 valence electrons. The zero-order valence-corrected chi connectivity index (χ0v) is 31.0. The summed E-state index contributed by atoms with van der Waals surface area (Å²) in [7, 11) is 0. The lowest BCUT2D eigenvalue weighted by Gasteiger charge is -2.61. The second-order valence-corrected chi connectivity index (χ2v) is 17.0. The molecule has 3 aromatic rings. The van der Waals surface area contributed by atoms with Crippen molar-refractivity contribution in [2.75, 3.05) is 80.6 Å². The Labute approximate surface area is 319 Å². The fourth-order valence-corrected chi connectivity index (χ4v) is 10.7. The summed E-state index contributed by atoms with van der Waals surface area (Å²) in [5.41, 5.74) is 4.57. The topological polar surface area (TPSA) is 155 Å². The number of aromatic nitrogens is 2. The smallest absolute Gasteiger partial charge is 0.262 e. The van der Waals surface area contributed by atoms with E-state index < -0.39 is 23.8 Å². The van der Waals surface area contributed by atoms with Gasteiger partial charge in [-0.15, -0.1) is 10.2 Å². The SMILES string of the molecule is O=C1CCC(N2C(=O)c3ccc(N4CCC(CN5CC6(CC(CN7CCN8c9cc(-c%10ccccc%10O)nnc9NC[C@H]8C7)C6)C5)CC4)cc3C2=O)C(=O)N1. The van der Waals surface area contributed by atoms with Gasteiger partial charge in [0.15, 0.2) is 5.82 Å². The van der Waals surface area contributed by atoms with Crippen molar-refractivity contribution in [3.63, 3.8) is 0 Å². The fraction of sp³-hybridized carbons (Fsp3) is 0.512. The second kappa shape index (κ2) is 13.3. The number of hydrogen-bond acceptors (Lipinski definition) is 12. The summed E-state index contributed by atoms with van der Waals surface area (Å²) in [5.74, 6) is 0.572. The number of para-hydroxylation sites is 1. The summed E-state index contributed by atoms with van der Waals surface area (Å²) < 4.78 is 0. The van der Waals surface area contributed by atoms with Gasteiger partial charge in [-0.25, -0.2) is 0 Å². The molecule has 5 fully saturated rings. The average molecular weight is 746 g/mol. The Morgan fingerprint density at radius 2 is 1.58 bits per heavy atom. The van der Waals surface area contributed by atoms with Crippen LogP contribution < -0.4 is 20.4 Å². The number of phenolic OH excluding ortho intramolecular Hbond substituents is 1. The zero-order chi connectivity index (χ0) is 37.4. The number of carbonyl (C=O) groups is 4. The van der Waals surface area contributed by atoms with E-state index in [0.29, 0.717) is 39.8 Å². The maximum absolute atomic E-state index is 13.3. The molecule has 6 aliphatic heterocycles. The Hall–Kier alpha value is -5.08. The van der Waals surface area contributed by atoms with Crippen molar-refractivity contribution in [2.24, 2.45) is 17.3 Å². The first-order chi connectivity index (χ1) is 26.7. The summed E-state index contributed by atoms with van der Waals surface area (Å²) in [6, 6.07) is 14.2. The van der Waals surface area contributed by atoms with Gasteiger partial charge in [0, 0.05) is 83.1 Å².